The van der Waals surface area contributed by atoms with Gasteiger partial charge in [-0.05, 0) is 6.42 Å². The lowest BCUT2D eigenvalue weighted by molar-refractivity contribution is 0.491. The maximum atomic E-state index is 5.86. The number of hydrogen-bond acceptors (Lipinski definition) is 2. The Labute approximate surface area is 97.0 Å². The number of nitrogens with zero attached hydrogens (tertiary/aromatic N) is 4. The molecule has 0 aliphatic heterocycles. The first-order chi connectivity index (χ1) is 7.63. The molecule has 0 aromatic carbocycles. The third-order valence-electron chi connectivity index (χ3n) is 2.35. The molecule has 0 bridgehead atoms. The van der Waals surface area contributed by atoms with Crippen molar-refractivity contribution in [3.05, 3.63) is 18.0 Å². The van der Waals surface area contributed by atoms with E-state index in [1.54, 1.807) is 4.68 Å². The van der Waals surface area contributed by atoms with Crippen molar-refractivity contribution in [1.29, 1.82) is 0 Å². The molecule has 0 spiro atoms. The van der Waals surface area contributed by atoms with Crippen molar-refractivity contribution in [2.24, 2.45) is 17.8 Å². The summed E-state index contributed by atoms with van der Waals surface area (Å²) in [5, 5.41) is 4.11. The average molecular weight is 223 g/mol. The van der Waals surface area contributed by atoms with Crippen LogP contribution in [0.3, 0.4) is 0 Å². The van der Waals surface area contributed by atoms with Crippen LogP contribution < -0.4 is 5.73 Å². The number of guanidine groups is 1. The van der Waals surface area contributed by atoms with Gasteiger partial charge in [-0.2, -0.15) is 5.10 Å². The number of hydrogen-bond donors (Lipinski definition) is 1. The molecule has 0 aliphatic carbocycles. The highest BCUT2D eigenvalue weighted by molar-refractivity contribution is 5.77. The molecule has 5 heteroatoms. The number of aliphatic imine (C=N–C) groups is 1. The molecule has 0 fully saturated rings. The van der Waals surface area contributed by atoms with Crippen LogP contribution in [0.15, 0.2) is 17.4 Å². The zero-order valence-electron chi connectivity index (χ0n) is 10.3. The zero-order chi connectivity index (χ0) is 12.0. The first-order valence-corrected chi connectivity index (χ1v) is 5.62. The van der Waals surface area contributed by atoms with Gasteiger partial charge in [-0.25, -0.2) is 0 Å². The fourth-order valence-corrected chi connectivity index (χ4v) is 1.38. The van der Waals surface area contributed by atoms with Crippen molar-refractivity contribution in [2.45, 2.75) is 26.3 Å². The lowest BCUT2D eigenvalue weighted by atomic mass is 10.3. The molecule has 1 aromatic rings. The second-order valence-corrected chi connectivity index (χ2v) is 3.97. The summed E-state index contributed by atoms with van der Waals surface area (Å²) in [7, 11) is 3.85. The molecule has 0 aliphatic rings. The molecule has 0 unspecified atom stereocenters. The fraction of sp³-hybridized carbons (Fsp3) is 0.636. The Morgan fingerprint density at radius 3 is 2.94 bits per heavy atom. The van der Waals surface area contributed by atoms with E-state index in [-0.39, 0.29) is 0 Å². The number of unbranched alkanes of at least 4 members (excludes halogenated alkanes) is 1. The molecular weight excluding hydrogens is 202 g/mol. The van der Waals surface area contributed by atoms with Crippen LogP contribution in [0, 0.1) is 0 Å². The van der Waals surface area contributed by atoms with E-state index in [0.717, 1.165) is 31.5 Å². The quantitative estimate of drug-likeness (QED) is 0.459. The topological polar surface area (TPSA) is 59.4 Å². The monoisotopic (exact) mass is 223 g/mol. The molecule has 90 valence electrons. The third kappa shape index (κ3) is 3.92. The minimum atomic E-state index is 0.595. The summed E-state index contributed by atoms with van der Waals surface area (Å²) < 4.78 is 1.79. The lowest BCUT2D eigenvalue weighted by Gasteiger charge is -2.16. The summed E-state index contributed by atoms with van der Waals surface area (Å²) in [5.41, 5.74) is 7.00. The molecule has 1 heterocycles. The summed E-state index contributed by atoms with van der Waals surface area (Å²) in [6, 6.07) is 0. The maximum absolute atomic E-state index is 5.86. The van der Waals surface area contributed by atoms with Gasteiger partial charge in [0.1, 0.15) is 0 Å². The van der Waals surface area contributed by atoms with Crippen LogP contribution in [0.2, 0.25) is 0 Å². The van der Waals surface area contributed by atoms with Gasteiger partial charge in [0.25, 0.3) is 0 Å². The Bertz CT molecular complexity index is 342. The van der Waals surface area contributed by atoms with Gasteiger partial charge in [-0.1, -0.05) is 13.3 Å². The largest absolute Gasteiger partial charge is 0.370 e. The Balaban J connectivity index is 2.45. The Hall–Kier alpha value is -1.52. The number of aryl methyl sites for hydroxylation is 1. The molecule has 16 heavy (non-hydrogen) atoms. The Kier molecular flexibility index (Phi) is 4.82. The van der Waals surface area contributed by atoms with Crippen molar-refractivity contribution in [3.63, 3.8) is 0 Å². The number of aromatic nitrogens is 2. The van der Waals surface area contributed by atoms with Gasteiger partial charge in [0, 0.05) is 38.9 Å². The molecule has 0 atom stereocenters. The average Bonchev–Trinajstić information content (AvgIpc) is 2.64. The van der Waals surface area contributed by atoms with E-state index in [9.17, 15) is 0 Å². The van der Waals surface area contributed by atoms with E-state index in [1.165, 1.54) is 0 Å². The van der Waals surface area contributed by atoms with Gasteiger partial charge in [0.05, 0.1) is 6.20 Å². The summed E-state index contributed by atoms with van der Waals surface area (Å²) in [4.78, 5) is 6.25. The van der Waals surface area contributed by atoms with E-state index < -0.39 is 0 Å². The van der Waals surface area contributed by atoms with Crippen LogP contribution in [0.4, 0.5) is 0 Å². The van der Waals surface area contributed by atoms with Crippen LogP contribution in [0.1, 0.15) is 25.3 Å². The smallest absolute Gasteiger partial charge is 0.191 e. The molecule has 0 amide bonds. The second kappa shape index (κ2) is 6.15. The molecule has 1 aromatic heterocycles. The SMILES string of the molecule is CCCCN=C(N)N(C)Cc1cnn(C)c1. The number of rotatable bonds is 5. The first-order valence-electron chi connectivity index (χ1n) is 5.62. The minimum Gasteiger partial charge on any atom is -0.370 e. The van der Waals surface area contributed by atoms with Crippen molar-refractivity contribution in [1.82, 2.24) is 14.7 Å². The summed E-state index contributed by atoms with van der Waals surface area (Å²) in [6.45, 7) is 3.69. The summed E-state index contributed by atoms with van der Waals surface area (Å²) >= 11 is 0. The van der Waals surface area contributed by atoms with E-state index in [2.05, 4.69) is 17.0 Å². The van der Waals surface area contributed by atoms with Gasteiger partial charge >= 0.3 is 0 Å². The van der Waals surface area contributed by atoms with E-state index in [4.69, 9.17) is 5.73 Å². The third-order valence-corrected chi connectivity index (χ3v) is 2.35. The summed E-state index contributed by atoms with van der Waals surface area (Å²) in [6.07, 6.45) is 6.05. The Morgan fingerprint density at radius 1 is 1.62 bits per heavy atom. The Morgan fingerprint density at radius 2 is 2.38 bits per heavy atom. The highest BCUT2D eigenvalue weighted by Crippen LogP contribution is 2.00. The van der Waals surface area contributed by atoms with Crippen molar-refractivity contribution >= 4 is 5.96 Å². The highest BCUT2D eigenvalue weighted by atomic mass is 15.3. The van der Waals surface area contributed by atoms with Crippen molar-refractivity contribution < 1.29 is 0 Å². The van der Waals surface area contributed by atoms with Crippen LogP contribution in [0.25, 0.3) is 0 Å². The van der Waals surface area contributed by atoms with Crippen LogP contribution in [-0.2, 0) is 13.6 Å². The molecule has 1 rings (SSSR count). The minimum absolute atomic E-state index is 0.595. The molecule has 0 radical (unpaired) electrons. The van der Waals surface area contributed by atoms with Gasteiger partial charge in [-0.3, -0.25) is 9.67 Å². The van der Waals surface area contributed by atoms with E-state index in [1.807, 2.05) is 31.4 Å². The summed E-state index contributed by atoms with van der Waals surface area (Å²) in [5.74, 6) is 0.595. The zero-order valence-corrected chi connectivity index (χ0v) is 10.3. The van der Waals surface area contributed by atoms with Crippen molar-refractivity contribution in [2.75, 3.05) is 13.6 Å². The molecule has 0 saturated heterocycles. The fourth-order valence-electron chi connectivity index (χ4n) is 1.38. The first kappa shape index (κ1) is 12.5. The maximum Gasteiger partial charge on any atom is 0.191 e. The van der Waals surface area contributed by atoms with Crippen LogP contribution >= 0.6 is 0 Å². The van der Waals surface area contributed by atoms with Crippen molar-refractivity contribution in [3.8, 4) is 0 Å². The van der Waals surface area contributed by atoms with E-state index >= 15 is 0 Å². The molecule has 2 N–H and O–H groups in total. The molecular formula is C11H21N5. The molecule has 0 saturated carbocycles. The second-order valence-electron chi connectivity index (χ2n) is 3.97. The normalized spacial score (nSPS) is 11.8. The van der Waals surface area contributed by atoms with Crippen LogP contribution in [-0.4, -0.2) is 34.2 Å². The van der Waals surface area contributed by atoms with E-state index in [0.29, 0.717) is 5.96 Å². The standard InChI is InChI=1S/C11H21N5/c1-4-5-6-13-11(12)15(2)8-10-7-14-16(3)9-10/h7,9H,4-6,8H2,1-3H3,(H2,12,13). The van der Waals surface area contributed by atoms with Gasteiger partial charge in [0.15, 0.2) is 5.96 Å². The van der Waals surface area contributed by atoms with Gasteiger partial charge in [0.2, 0.25) is 0 Å². The predicted octanol–water partition coefficient (Wildman–Crippen LogP) is 0.967. The highest BCUT2D eigenvalue weighted by Gasteiger charge is 2.04. The van der Waals surface area contributed by atoms with Gasteiger partial charge < -0.3 is 10.6 Å². The van der Waals surface area contributed by atoms with Gasteiger partial charge in [-0.15, -0.1) is 0 Å². The number of nitrogens with two attached hydrogens (primary N) is 1. The lowest BCUT2D eigenvalue weighted by Crippen LogP contribution is -2.33. The van der Waals surface area contributed by atoms with Crippen LogP contribution in [0.5, 0.6) is 0 Å². The molecule has 5 nitrogen and oxygen atoms in total. The predicted molar refractivity (Wildman–Crippen MR) is 66.1 cm³/mol.